The number of nitrogens with one attached hydrogen (secondary N) is 1. The first-order valence-corrected chi connectivity index (χ1v) is 7.45. The molecule has 1 aliphatic carbocycles. The predicted molar refractivity (Wildman–Crippen MR) is 82.1 cm³/mol. The van der Waals surface area contributed by atoms with Crippen LogP contribution in [0.3, 0.4) is 0 Å². The van der Waals surface area contributed by atoms with Gasteiger partial charge in [-0.25, -0.2) is 9.50 Å². The number of hydrogen-bond donors (Lipinski definition) is 2. The topological polar surface area (TPSA) is 62.5 Å². The molecular weight excluding hydrogens is 264 g/mol. The first-order valence-electron chi connectivity index (χ1n) is 7.45. The second-order valence-corrected chi connectivity index (χ2v) is 5.91. The molecule has 0 spiro atoms. The average Bonchev–Trinajstić information content (AvgIpc) is 3.05. The molecule has 0 saturated heterocycles. The lowest BCUT2D eigenvalue weighted by Crippen LogP contribution is -2.30. The summed E-state index contributed by atoms with van der Waals surface area (Å²) in [6, 6.07) is 2.49. The van der Waals surface area contributed by atoms with E-state index in [1.165, 1.54) is 0 Å². The highest BCUT2D eigenvalue weighted by Crippen LogP contribution is 2.23. The number of fused-ring (bicyclic) bond motifs is 1. The smallest absolute Gasteiger partial charge is 0.155 e. The van der Waals surface area contributed by atoms with E-state index in [9.17, 15) is 5.11 Å². The van der Waals surface area contributed by atoms with Crippen LogP contribution >= 0.6 is 0 Å². The van der Waals surface area contributed by atoms with Gasteiger partial charge in [0.2, 0.25) is 0 Å². The summed E-state index contributed by atoms with van der Waals surface area (Å²) in [4.78, 5) is 4.49. The highest BCUT2D eigenvalue weighted by atomic mass is 16.3. The molecule has 112 valence electrons. The van der Waals surface area contributed by atoms with Crippen LogP contribution < -0.4 is 5.32 Å². The molecule has 5 heteroatoms. The fourth-order valence-corrected chi connectivity index (χ4v) is 3.05. The molecule has 1 aliphatic rings. The molecule has 0 fully saturated rings. The monoisotopic (exact) mass is 286 g/mol. The van der Waals surface area contributed by atoms with Gasteiger partial charge in [-0.3, -0.25) is 0 Å². The van der Waals surface area contributed by atoms with E-state index in [-0.39, 0.29) is 18.6 Å². The van der Waals surface area contributed by atoms with Gasteiger partial charge < -0.3 is 10.4 Å². The molecule has 0 unspecified atom stereocenters. The van der Waals surface area contributed by atoms with Gasteiger partial charge in [0.25, 0.3) is 0 Å². The maximum atomic E-state index is 9.20. The van der Waals surface area contributed by atoms with Gasteiger partial charge in [0.1, 0.15) is 0 Å². The van der Waals surface area contributed by atoms with Crippen LogP contribution in [-0.4, -0.2) is 32.4 Å². The van der Waals surface area contributed by atoms with Crippen molar-refractivity contribution >= 4 is 5.65 Å². The van der Waals surface area contributed by atoms with Crippen molar-refractivity contribution in [2.45, 2.75) is 39.3 Å². The number of aromatic nitrogens is 3. The summed E-state index contributed by atoms with van der Waals surface area (Å²) in [7, 11) is 0. The Morgan fingerprint density at radius 1 is 1.43 bits per heavy atom. The maximum Gasteiger partial charge on any atom is 0.155 e. The molecule has 5 nitrogen and oxygen atoms in total. The zero-order valence-electron chi connectivity index (χ0n) is 12.7. The number of aliphatic hydroxyl groups is 1. The van der Waals surface area contributed by atoms with E-state index in [0.29, 0.717) is 6.04 Å². The van der Waals surface area contributed by atoms with E-state index in [4.69, 9.17) is 0 Å². The van der Waals surface area contributed by atoms with Crippen LogP contribution in [0.25, 0.3) is 5.65 Å². The Morgan fingerprint density at radius 2 is 2.24 bits per heavy atom. The Labute approximate surface area is 124 Å². The van der Waals surface area contributed by atoms with Gasteiger partial charge in [-0.1, -0.05) is 12.2 Å². The lowest BCUT2D eigenvalue weighted by atomic mass is 10.1. The van der Waals surface area contributed by atoms with Crippen LogP contribution in [0.4, 0.5) is 0 Å². The van der Waals surface area contributed by atoms with E-state index in [2.05, 4.69) is 41.4 Å². The Morgan fingerprint density at radius 3 is 2.95 bits per heavy atom. The second kappa shape index (κ2) is 5.58. The lowest BCUT2D eigenvalue weighted by Gasteiger charge is -2.21. The van der Waals surface area contributed by atoms with Crippen molar-refractivity contribution in [1.82, 2.24) is 19.9 Å². The molecule has 2 N–H and O–H groups in total. The molecule has 0 radical (unpaired) electrons. The number of aliphatic hydroxyl groups excluding tert-OH is 1. The normalized spacial score (nSPS) is 23.0. The van der Waals surface area contributed by atoms with Crippen LogP contribution in [-0.2, 0) is 0 Å². The third kappa shape index (κ3) is 2.71. The summed E-state index contributed by atoms with van der Waals surface area (Å²) in [6.07, 6.45) is 7.13. The summed E-state index contributed by atoms with van der Waals surface area (Å²) >= 11 is 0. The molecule has 2 aromatic heterocycles. The third-order valence-electron chi connectivity index (χ3n) is 4.22. The summed E-state index contributed by atoms with van der Waals surface area (Å²) in [5.41, 5.74) is 4.15. The third-order valence-corrected chi connectivity index (χ3v) is 4.22. The Hall–Kier alpha value is -1.72. The Bertz CT molecular complexity index is 676. The highest BCUT2D eigenvalue weighted by Gasteiger charge is 2.21. The minimum absolute atomic E-state index is 0.193. The van der Waals surface area contributed by atoms with E-state index >= 15 is 0 Å². The molecule has 0 saturated carbocycles. The maximum absolute atomic E-state index is 9.20. The van der Waals surface area contributed by atoms with Crippen molar-refractivity contribution in [1.29, 1.82) is 0 Å². The van der Waals surface area contributed by atoms with Crippen molar-refractivity contribution in [3.63, 3.8) is 0 Å². The van der Waals surface area contributed by atoms with Gasteiger partial charge in [0, 0.05) is 48.1 Å². The van der Waals surface area contributed by atoms with Crippen molar-refractivity contribution in [3.05, 3.63) is 41.4 Å². The standard InChI is InChI=1S/C16H22N4O/c1-10-6-16-17-8-15(12(3)20(16)19-10)11(2)18-14-5-4-13(7-14)9-21/h4-6,8,11,13-14,18,21H,7,9H2,1-3H3/t11-,13-,14+/m0/s1. The SMILES string of the molecule is Cc1cc2ncc([C@H](C)N[C@@H]3C=C[C@H](CO)C3)c(C)n2n1. The minimum atomic E-state index is 0.193. The fraction of sp³-hybridized carbons (Fsp3) is 0.500. The van der Waals surface area contributed by atoms with Gasteiger partial charge in [-0.2, -0.15) is 5.10 Å². The van der Waals surface area contributed by atoms with Crippen LogP contribution in [0.15, 0.2) is 24.4 Å². The van der Waals surface area contributed by atoms with Gasteiger partial charge in [0.05, 0.1) is 5.69 Å². The van der Waals surface area contributed by atoms with Crippen molar-refractivity contribution in [2.24, 2.45) is 5.92 Å². The molecule has 3 atom stereocenters. The molecule has 0 bridgehead atoms. The first-order chi connectivity index (χ1) is 10.1. The summed E-state index contributed by atoms with van der Waals surface area (Å²) in [6.45, 7) is 6.43. The molecular formula is C16H22N4O. The molecule has 0 aliphatic heterocycles. The largest absolute Gasteiger partial charge is 0.396 e. The quantitative estimate of drug-likeness (QED) is 0.843. The highest BCUT2D eigenvalue weighted by molar-refractivity contribution is 5.42. The summed E-state index contributed by atoms with van der Waals surface area (Å²) < 4.78 is 1.91. The molecule has 0 aromatic carbocycles. The van der Waals surface area contributed by atoms with Crippen molar-refractivity contribution < 1.29 is 5.11 Å². The van der Waals surface area contributed by atoms with Crippen LogP contribution in [0.5, 0.6) is 0 Å². The van der Waals surface area contributed by atoms with Crippen molar-refractivity contribution in [2.75, 3.05) is 6.61 Å². The molecule has 2 aromatic rings. The number of aryl methyl sites for hydroxylation is 2. The van der Waals surface area contributed by atoms with E-state index in [1.54, 1.807) is 0 Å². The van der Waals surface area contributed by atoms with E-state index < -0.39 is 0 Å². The lowest BCUT2D eigenvalue weighted by molar-refractivity contribution is 0.245. The summed E-state index contributed by atoms with van der Waals surface area (Å²) in [5.74, 6) is 0.283. The first kappa shape index (κ1) is 14.2. The van der Waals surface area contributed by atoms with Gasteiger partial charge in [0.15, 0.2) is 5.65 Å². The zero-order valence-corrected chi connectivity index (χ0v) is 12.7. The zero-order chi connectivity index (χ0) is 15.0. The Balaban J connectivity index is 1.80. The number of nitrogens with zero attached hydrogens (tertiary/aromatic N) is 3. The number of rotatable bonds is 4. The molecule has 0 amide bonds. The minimum Gasteiger partial charge on any atom is -0.396 e. The van der Waals surface area contributed by atoms with Gasteiger partial charge in [-0.15, -0.1) is 0 Å². The van der Waals surface area contributed by atoms with E-state index in [1.807, 2.05) is 23.7 Å². The Kier molecular flexibility index (Phi) is 3.78. The predicted octanol–water partition coefficient (Wildman–Crippen LogP) is 1.93. The van der Waals surface area contributed by atoms with Gasteiger partial charge in [-0.05, 0) is 27.2 Å². The fourth-order valence-electron chi connectivity index (χ4n) is 3.05. The number of hydrogen-bond acceptors (Lipinski definition) is 4. The average molecular weight is 286 g/mol. The molecule has 2 heterocycles. The van der Waals surface area contributed by atoms with Gasteiger partial charge >= 0.3 is 0 Å². The molecule has 3 rings (SSSR count). The van der Waals surface area contributed by atoms with Crippen molar-refractivity contribution in [3.8, 4) is 0 Å². The molecule has 21 heavy (non-hydrogen) atoms. The van der Waals surface area contributed by atoms with Crippen LogP contribution in [0.2, 0.25) is 0 Å². The second-order valence-electron chi connectivity index (χ2n) is 5.91. The summed E-state index contributed by atoms with van der Waals surface area (Å²) in [5, 5.41) is 17.3. The van der Waals surface area contributed by atoms with Crippen LogP contribution in [0, 0.1) is 19.8 Å². The van der Waals surface area contributed by atoms with Crippen LogP contribution in [0.1, 0.15) is 36.3 Å². The van der Waals surface area contributed by atoms with E-state index in [0.717, 1.165) is 29.0 Å².